The maximum absolute atomic E-state index is 11.1. The topological polar surface area (TPSA) is 66.3 Å². The first-order valence-corrected chi connectivity index (χ1v) is 6.83. The fourth-order valence-corrected chi connectivity index (χ4v) is 2.70. The molecule has 1 N–H and O–H groups in total. The first kappa shape index (κ1) is 12.2. The van der Waals surface area contributed by atoms with Crippen molar-refractivity contribution in [3.63, 3.8) is 0 Å². The molecule has 1 saturated heterocycles. The molecule has 0 spiro atoms. The van der Waals surface area contributed by atoms with E-state index in [1.54, 1.807) is 6.20 Å². The summed E-state index contributed by atoms with van der Waals surface area (Å²) in [6, 6.07) is 0. The SMILES string of the molecule is CSC1CCN(c2nccnc2C(=O)O)CC1. The third-order valence-electron chi connectivity index (χ3n) is 2.96. The second kappa shape index (κ2) is 5.35. The van der Waals surface area contributed by atoms with Crippen molar-refractivity contribution in [1.29, 1.82) is 0 Å². The van der Waals surface area contributed by atoms with Gasteiger partial charge in [-0.1, -0.05) is 0 Å². The van der Waals surface area contributed by atoms with Crippen molar-refractivity contribution in [2.75, 3.05) is 24.2 Å². The van der Waals surface area contributed by atoms with Crippen molar-refractivity contribution in [3.8, 4) is 0 Å². The summed E-state index contributed by atoms with van der Waals surface area (Å²) in [7, 11) is 0. The van der Waals surface area contributed by atoms with Gasteiger partial charge in [0.1, 0.15) is 0 Å². The Labute approximate surface area is 104 Å². The van der Waals surface area contributed by atoms with Gasteiger partial charge in [0.05, 0.1) is 0 Å². The molecule has 1 aromatic rings. The molecular formula is C11H15N3O2S. The Morgan fingerprint density at radius 1 is 1.41 bits per heavy atom. The van der Waals surface area contributed by atoms with Crippen LogP contribution >= 0.6 is 11.8 Å². The van der Waals surface area contributed by atoms with Crippen molar-refractivity contribution in [3.05, 3.63) is 18.1 Å². The lowest BCUT2D eigenvalue weighted by molar-refractivity contribution is 0.0690. The summed E-state index contributed by atoms with van der Waals surface area (Å²) in [5, 5.41) is 9.74. The van der Waals surface area contributed by atoms with Crippen molar-refractivity contribution < 1.29 is 9.90 Å². The largest absolute Gasteiger partial charge is 0.476 e. The van der Waals surface area contributed by atoms with Crippen molar-refractivity contribution in [2.24, 2.45) is 0 Å². The summed E-state index contributed by atoms with van der Waals surface area (Å²) in [6.45, 7) is 1.70. The fourth-order valence-electron chi connectivity index (χ4n) is 2.02. The molecule has 1 aliphatic rings. The van der Waals surface area contributed by atoms with E-state index in [9.17, 15) is 4.79 Å². The van der Waals surface area contributed by atoms with Crippen LogP contribution in [-0.2, 0) is 0 Å². The zero-order chi connectivity index (χ0) is 12.3. The molecule has 0 saturated carbocycles. The molecule has 2 rings (SSSR count). The molecule has 0 unspecified atom stereocenters. The lowest BCUT2D eigenvalue weighted by Crippen LogP contribution is -2.36. The van der Waals surface area contributed by atoms with Gasteiger partial charge in [-0.15, -0.1) is 0 Å². The normalized spacial score (nSPS) is 17.1. The summed E-state index contributed by atoms with van der Waals surface area (Å²) in [5.41, 5.74) is 0.0510. The van der Waals surface area contributed by atoms with Gasteiger partial charge in [-0.2, -0.15) is 11.8 Å². The molecule has 92 valence electrons. The molecule has 17 heavy (non-hydrogen) atoms. The van der Waals surface area contributed by atoms with Gasteiger partial charge < -0.3 is 10.0 Å². The number of nitrogens with zero attached hydrogens (tertiary/aromatic N) is 3. The number of aromatic nitrogens is 2. The van der Waals surface area contributed by atoms with Gasteiger partial charge in [-0.3, -0.25) is 0 Å². The highest BCUT2D eigenvalue weighted by Gasteiger charge is 2.23. The van der Waals surface area contributed by atoms with Gasteiger partial charge in [0.15, 0.2) is 11.5 Å². The van der Waals surface area contributed by atoms with E-state index in [1.807, 2.05) is 16.7 Å². The van der Waals surface area contributed by atoms with E-state index in [1.165, 1.54) is 6.20 Å². The van der Waals surface area contributed by atoms with Crippen LogP contribution in [0, 0.1) is 0 Å². The van der Waals surface area contributed by atoms with Crippen LogP contribution in [-0.4, -0.2) is 45.6 Å². The molecule has 0 aliphatic carbocycles. The van der Waals surface area contributed by atoms with E-state index >= 15 is 0 Å². The van der Waals surface area contributed by atoms with Crippen LogP contribution < -0.4 is 4.90 Å². The van der Waals surface area contributed by atoms with E-state index in [2.05, 4.69) is 16.2 Å². The van der Waals surface area contributed by atoms with Gasteiger partial charge in [0, 0.05) is 30.7 Å². The van der Waals surface area contributed by atoms with Crippen LogP contribution in [0.15, 0.2) is 12.4 Å². The maximum atomic E-state index is 11.1. The van der Waals surface area contributed by atoms with Gasteiger partial charge >= 0.3 is 5.97 Å². The third-order valence-corrected chi connectivity index (χ3v) is 4.09. The standard InChI is InChI=1S/C11H15N3O2S/c1-17-8-2-6-14(7-3-8)10-9(11(15)16)12-4-5-13-10/h4-5,8H,2-3,6-7H2,1H3,(H,15,16). The molecule has 0 amide bonds. The minimum atomic E-state index is -1.01. The van der Waals surface area contributed by atoms with Gasteiger partial charge in [-0.05, 0) is 19.1 Å². The molecule has 1 aliphatic heterocycles. The van der Waals surface area contributed by atoms with E-state index < -0.39 is 5.97 Å². The number of carboxylic acid groups (broad SMARTS) is 1. The quantitative estimate of drug-likeness (QED) is 0.880. The zero-order valence-electron chi connectivity index (χ0n) is 9.67. The molecule has 0 atom stereocenters. The molecule has 0 aromatic carbocycles. The summed E-state index contributed by atoms with van der Waals surface area (Å²) < 4.78 is 0. The number of hydrogen-bond donors (Lipinski definition) is 1. The Hall–Kier alpha value is -1.30. The minimum Gasteiger partial charge on any atom is -0.476 e. The van der Waals surface area contributed by atoms with Gasteiger partial charge in [0.25, 0.3) is 0 Å². The Morgan fingerprint density at radius 2 is 2.06 bits per heavy atom. The predicted octanol–water partition coefficient (Wildman–Crippen LogP) is 1.51. The lowest BCUT2D eigenvalue weighted by Gasteiger charge is -2.32. The van der Waals surface area contributed by atoms with Crippen LogP contribution in [0.25, 0.3) is 0 Å². The third kappa shape index (κ3) is 2.69. The van der Waals surface area contributed by atoms with Gasteiger partial charge in [-0.25, -0.2) is 14.8 Å². The van der Waals surface area contributed by atoms with Crippen LogP contribution in [0.2, 0.25) is 0 Å². The van der Waals surface area contributed by atoms with Crippen LogP contribution in [0.5, 0.6) is 0 Å². The van der Waals surface area contributed by atoms with E-state index in [0.717, 1.165) is 25.9 Å². The molecule has 0 bridgehead atoms. The molecular weight excluding hydrogens is 238 g/mol. The number of rotatable bonds is 3. The lowest BCUT2D eigenvalue weighted by atomic mass is 10.1. The van der Waals surface area contributed by atoms with E-state index in [-0.39, 0.29) is 5.69 Å². The summed E-state index contributed by atoms with van der Waals surface area (Å²) in [6.07, 6.45) is 7.21. The summed E-state index contributed by atoms with van der Waals surface area (Å²) in [5.74, 6) is -0.514. The number of piperidine rings is 1. The average Bonchev–Trinajstić information content (AvgIpc) is 2.39. The van der Waals surface area contributed by atoms with E-state index in [4.69, 9.17) is 5.11 Å². The highest BCUT2D eigenvalue weighted by Crippen LogP contribution is 2.25. The Kier molecular flexibility index (Phi) is 3.83. The molecule has 5 nitrogen and oxygen atoms in total. The van der Waals surface area contributed by atoms with Crippen LogP contribution in [0.3, 0.4) is 0 Å². The molecule has 6 heteroatoms. The first-order valence-electron chi connectivity index (χ1n) is 5.54. The number of anilines is 1. The predicted molar refractivity (Wildman–Crippen MR) is 67.7 cm³/mol. The van der Waals surface area contributed by atoms with Crippen molar-refractivity contribution >= 4 is 23.5 Å². The fraction of sp³-hybridized carbons (Fsp3) is 0.545. The second-order valence-corrected chi connectivity index (χ2v) is 5.09. The summed E-state index contributed by atoms with van der Waals surface area (Å²) >= 11 is 1.87. The second-order valence-electron chi connectivity index (χ2n) is 3.96. The monoisotopic (exact) mass is 253 g/mol. The number of carbonyl (C=O) groups is 1. The Balaban J connectivity index is 2.15. The zero-order valence-corrected chi connectivity index (χ0v) is 10.5. The number of carboxylic acids is 1. The van der Waals surface area contributed by atoms with Crippen LogP contribution in [0.1, 0.15) is 23.3 Å². The molecule has 1 fully saturated rings. The van der Waals surface area contributed by atoms with E-state index in [0.29, 0.717) is 11.1 Å². The van der Waals surface area contributed by atoms with Crippen molar-refractivity contribution in [2.45, 2.75) is 18.1 Å². The first-order chi connectivity index (χ1) is 8.22. The Morgan fingerprint density at radius 3 is 2.65 bits per heavy atom. The minimum absolute atomic E-state index is 0.0510. The maximum Gasteiger partial charge on any atom is 0.358 e. The molecule has 2 heterocycles. The number of aromatic carboxylic acids is 1. The van der Waals surface area contributed by atoms with Gasteiger partial charge in [0.2, 0.25) is 0 Å². The van der Waals surface area contributed by atoms with Crippen LogP contribution in [0.4, 0.5) is 5.82 Å². The molecule has 1 aromatic heterocycles. The Bertz CT molecular complexity index is 405. The highest BCUT2D eigenvalue weighted by molar-refractivity contribution is 7.99. The summed E-state index contributed by atoms with van der Waals surface area (Å²) in [4.78, 5) is 21.1. The molecule has 0 radical (unpaired) electrons. The number of thioether (sulfide) groups is 1. The highest BCUT2D eigenvalue weighted by atomic mass is 32.2. The average molecular weight is 253 g/mol. The number of hydrogen-bond acceptors (Lipinski definition) is 5. The van der Waals surface area contributed by atoms with Crippen molar-refractivity contribution in [1.82, 2.24) is 9.97 Å². The smallest absolute Gasteiger partial charge is 0.358 e.